The van der Waals surface area contributed by atoms with Crippen LogP contribution < -0.4 is 14.4 Å². The van der Waals surface area contributed by atoms with E-state index < -0.39 is 11.4 Å². The number of pyridine rings is 1. The highest BCUT2D eigenvalue weighted by Crippen LogP contribution is 2.34. The van der Waals surface area contributed by atoms with Crippen LogP contribution in [0.3, 0.4) is 0 Å². The predicted octanol–water partition coefficient (Wildman–Crippen LogP) is 5.80. The molecule has 252 valence electrons. The van der Waals surface area contributed by atoms with Gasteiger partial charge in [-0.15, -0.1) is 10.2 Å². The molecular weight excluding hydrogens is 605 g/mol. The van der Waals surface area contributed by atoms with Gasteiger partial charge in [0.2, 0.25) is 0 Å². The van der Waals surface area contributed by atoms with Crippen LogP contribution in [0.15, 0.2) is 36.8 Å². The third-order valence-electron chi connectivity index (χ3n) is 8.06. The lowest BCUT2D eigenvalue weighted by Crippen LogP contribution is -2.42. The van der Waals surface area contributed by atoms with Gasteiger partial charge in [-0.05, 0) is 79.2 Å². The standard InChI is InChI=1S/C34H44FN7O5/c1-21(2)42(22(3)4)32(43)26-18-23(35)8-9-28(26)46-31-30(37-20-38-39-31)40-15-11-24(12-16-40)45-29-10-14-36-27-19-41(17-13-25(27)29)33(44)47-34(5,6)7/h8-10,14,18,20-22,24H,11-13,15-17,19H2,1-7H3. The number of benzene rings is 1. The van der Waals surface area contributed by atoms with Gasteiger partial charge in [0.15, 0.2) is 5.82 Å². The van der Waals surface area contributed by atoms with Gasteiger partial charge in [0, 0.05) is 56.3 Å². The smallest absolute Gasteiger partial charge is 0.410 e. The Morgan fingerprint density at radius 1 is 1.00 bits per heavy atom. The van der Waals surface area contributed by atoms with Crippen LogP contribution in [0.2, 0.25) is 0 Å². The zero-order valence-corrected chi connectivity index (χ0v) is 28.2. The number of rotatable bonds is 8. The Morgan fingerprint density at radius 2 is 1.72 bits per heavy atom. The van der Waals surface area contributed by atoms with Crippen LogP contribution in [0, 0.1) is 5.82 Å². The number of piperidine rings is 1. The van der Waals surface area contributed by atoms with Gasteiger partial charge in [-0.2, -0.15) is 0 Å². The van der Waals surface area contributed by atoms with Gasteiger partial charge in [0.1, 0.15) is 35.3 Å². The van der Waals surface area contributed by atoms with E-state index in [2.05, 4.69) is 20.2 Å². The molecule has 0 atom stereocenters. The molecule has 2 amide bonds. The van der Waals surface area contributed by atoms with Crippen molar-refractivity contribution in [3.8, 4) is 17.4 Å². The van der Waals surface area contributed by atoms with Crippen molar-refractivity contribution in [2.45, 2.75) is 98.1 Å². The number of fused-ring (bicyclic) bond motifs is 1. The normalized spacial score (nSPS) is 15.4. The number of aromatic nitrogens is 4. The molecule has 5 rings (SSSR count). The Morgan fingerprint density at radius 3 is 2.40 bits per heavy atom. The van der Waals surface area contributed by atoms with E-state index in [9.17, 15) is 14.0 Å². The summed E-state index contributed by atoms with van der Waals surface area (Å²) < 4.78 is 32.6. The molecule has 47 heavy (non-hydrogen) atoms. The summed E-state index contributed by atoms with van der Waals surface area (Å²) >= 11 is 0. The number of hydrogen-bond donors (Lipinski definition) is 0. The van der Waals surface area contributed by atoms with E-state index in [1.54, 1.807) is 16.0 Å². The topological polar surface area (TPSA) is 123 Å². The first kappa shape index (κ1) is 33.8. The molecule has 0 saturated carbocycles. The fourth-order valence-electron chi connectivity index (χ4n) is 5.99. The van der Waals surface area contributed by atoms with Crippen LogP contribution in [0.25, 0.3) is 0 Å². The molecule has 0 radical (unpaired) electrons. The lowest BCUT2D eigenvalue weighted by atomic mass is 10.0. The maximum atomic E-state index is 14.4. The predicted molar refractivity (Wildman–Crippen MR) is 173 cm³/mol. The second-order valence-corrected chi connectivity index (χ2v) is 13.4. The highest BCUT2D eigenvalue weighted by atomic mass is 19.1. The second kappa shape index (κ2) is 14.1. The Labute approximate surface area is 275 Å². The summed E-state index contributed by atoms with van der Waals surface area (Å²) in [5, 5.41) is 8.11. The van der Waals surface area contributed by atoms with E-state index in [-0.39, 0.29) is 47.4 Å². The van der Waals surface area contributed by atoms with E-state index in [4.69, 9.17) is 14.2 Å². The first-order valence-electron chi connectivity index (χ1n) is 16.1. The number of ether oxygens (including phenoxy) is 3. The fraction of sp³-hybridized carbons (Fsp3) is 0.529. The van der Waals surface area contributed by atoms with Gasteiger partial charge in [0.05, 0.1) is 17.8 Å². The molecule has 2 aliphatic rings. The average molecular weight is 650 g/mol. The molecule has 0 spiro atoms. The summed E-state index contributed by atoms with van der Waals surface area (Å²) in [4.78, 5) is 40.5. The summed E-state index contributed by atoms with van der Waals surface area (Å²) in [5.41, 5.74) is 1.37. The second-order valence-electron chi connectivity index (χ2n) is 13.4. The van der Waals surface area contributed by atoms with E-state index in [1.807, 2.05) is 59.4 Å². The number of nitrogens with zero attached hydrogens (tertiary/aromatic N) is 7. The highest BCUT2D eigenvalue weighted by molar-refractivity contribution is 5.97. The number of halogens is 1. The SMILES string of the molecule is CC(C)N(C(=O)c1cc(F)ccc1Oc1nncnc1N1CCC(Oc2ccnc3c2CCN(C(=O)OC(C)(C)C)C3)CC1)C(C)C. The third kappa shape index (κ3) is 8.06. The molecule has 13 heteroatoms. The van der Waals surface area contributed by atoms with E-state index in [1.165, 1.54) is 24.5 Å². The molecule has 1 aromatic carbocycles. The number of carbonyl (C=O) groups is 2. The van der Waals surface area contributed by atoms with Crippen LogP contribution >= 0.6 is 0 Å². The molecule has 0 bridgehead atoms. The molecular formula is C34H44FN7O5. The largest absolute Gasteiger partial charge is 0.490 e. The lowest BCUT2D eigenvalue weighted by molar-refractivity contribution is 0.0218. The number of hydrogen-bond acceptors (Lipinski definition) is 10. The number of carbonyl (C=O) groups excluding carboxylic acids is 2. The maximum Gasteiger partial charge on any atom is 0.410 e. The molecule has 3 aromatic rings. The Bertz CT molecular complexity index is 1580. The van der Waals surface area contributed by atoms with E-state index >= 15 is 0 Å². The summed E-state index contributed by atoms with van der Waals surface area (Å²) in [6.07, 6.45) is 4.73. The summed E-state index contributed by atoms with van der Waals surface area (Å²) in [6.45, 7) is 15.4. The molecule has 2 aliphatic heterocycles. The van der Waals surface area contributed by atoms with Gasteiger partial charge in [-0.3, -0.25) is 9.78 Å². The van der Waals surface area contributed by atoms with Gasteiger partial charge < -0.3 is 28.9 Å². The molecule has 0 aliphatic carbocycles. The summed E-state index contributed by atoms with van der Waals surface area (Å²) in [7, 11) is 0. The van der Waals surface area contributed by atoms with Crippen LogP contribution in [-0.4, -0.2) is 85.4 Å². The summed E-state index contributed by atoms with van der Waals surface area (Å²) in [5.74, 6) is 0.702. The molecule has 12 nitrogen and oxygen atoms in total. The first-order valence-corrected chi connectivity index (χ1v) is 16.1. The Kier molecular flexibility index (Phi) is 10.1. The van der Waals surface area contributed by atoms with Crippen molar-refractivity contribution in [2.24, 2.45) is 0 Å². The van der Waals surface area contributed by atoms with Crippen LogP contribution in [0.1, 0.15) is 82.9 Å². The van der Waals surface area contributed by atoms with Crippen molar-refractivity contribution in [3.05, 3.63) is 59.4 Å². The third-order valence-corrected chi connectivity index (χ3v) is 8.06. The van der Waals surface area contributed by atoms with Crippen molar-refractivity contribution in [2.75, 3.05) is 24.5 Å². The molecule has 4 heterocycles. The van der Waals surface area contributed by atoms with Gasteiger partial charge in [-0.1, -0.05) is 0 Å². The van der Waals surface area contributed by atoms with Crippen LogP contribution in [0.5, 0.6) is 17.4 Å². The van der Waals surface area contributed by atoms with Crippen molar-refractivity contribution < 1.29 is 28.2 Å². The minimum atomic E-state index is -0.564. The minimum Gasteiger partial charge on any atom is -0.490 e. The zero-order chi connectivity index (χ0) is 33.9. The van der Waals surface area contributed by atoms with Crippen molar-refractivity contribution in [1.29, 1.82) is 0 Å². The van der Waals surface area contributed by atoms with E-state index in [0.29, 0.717) is 51.3 Å². The first-order chi connectivity index (χ1) is 22.3. The van der Waals surface area contributed by atoms with Crippen molar-refractivity contribution in [1.82, 2.24) is 30.0 Å². The summed E-state index contributed by atoms with van der Waals surface area (Å²) in [6, 6.07) is 5.56. The fourth-order valence-corrected chi connectivity index (χ4v) is 5.99. The quantitative estimate of drug-likeness (QED) is 0.296. The number of amides is 2. The molecule has 0 unspecified atom stereocenters. The van der Waals surface area contributed by atoms with Gasteiger partial charge >= 0.3 is 6.09 Å². The number of anilines is 1. The highest BCUT2D eigenvalue weighted by Gasteiger charge is 2.31. The average Bonchev–Trinajstić information content (AvgIpc) is 3.01. The maximum absolute atomic E-state index is 14.4. The van der Waals surface area contributed by atoms with Crippen molar-refractivity contribution >= 4 is 17.8 Å². The Hall–Kier alpha value is -4.55. The van der Waals surface area contributed by atoms with Crippen LogP contribution in [-0.2, 0) is 17.7 Å². The minimum absolute atomic E-state index is 0.0415. The molecule has 0 N–H and O–H groups in total. The lowest BCUT2D eigenvalue weighted by Gasteiger charge is -2.34. The van der Waals surface area contributed by atoms with E-state index in [0.717, 1.165) is 17.0 Å². The molecule has 1 saturated heterocycles. The van der Waals surface area contributed by atoms with Gasteiger partial charge in [0.25, 0.3) is 11.8 Å². The monoisotopic (exact) mass is 649 g/mol. The van der Waals surface area contributed by atoms with Crippen LogP contribution in [0.4, 0.5) is 15.0 Å². The zero-order valence-electron chi connectivity index (χ0n) is 28.2. The molecule has 1 fully saturated rings. The van der Waals surface area contributed by atoms with Crippen molar-refractivity contribution in [3.63, 3.8) is 0 Å². The molecule has 2 aromatic heterocycles. The Balaban J connectivity index is 1.26. The van der Waals surface area contributed by atoms with Gasteiger partial charge in [-0.25, -0.2) is 14.2 Å².